The zero-order chi connectivity index (χ0) is 31.1. The van der Waals surface area contributed by atoms with Crippen molar-refractivity contribution in [1.82, 2.24) is 15.6 Å². The predicted octanol–water partition coefficient (Wildman–Crippen LogP) is 4.80. The van der Waals surface area contributed by atoms with Crippen molar-refractivity contribution in [1.29, 1.82) is 0 Å². The summed E-state index contributed by atoms with van der Waals surface area (Å²) in [5, 5.41) is 6.56. The van der Waals surface area contributed by atoms with Crippen molar-refractivity contribution in [2.24, 2.45) is 0 Å². The van der Waals surface area contributed by atoms with Gasteiger partial charge in [0.15, 0.2) is 0 Å². The highest BCUT2D eigenvalue weighted by molar-refractivity contribution is 6.06. The Morgan fingerprint density at radius 2 is 1.72 bits per heavy atom. The second-order valence-corrected chi connectivity index (χ2v) is 11.8. The third-order valence-corrected chi connectivity index (χ3v) is 7.34. The summed E-state index contributed by atoms with van der Waals surface area (Å²) in [6.45, 7) is 9.15. The Morgan fingerprint density at radius 1 is 1.00 bits per heavy atom. The predicted molar refractivity (Wildman–Crippen MR) is 165 cm³/mol. The van der Waals surface area contributed by atoms with Crippen LogP contribution in [0.25, 0.3) is 10.9 Å². The van der Waals surface area contributed by atoms with E-state index in [9.17, 15) is 19.2 Å². The molecule has 3 aromatic rings. The summed E-state index contributed by atoms with van der Waals surface area (Å²) in [7, 11) is 0. The number of anilines is 1. The van der Waals surface area contributed by atoms with Crippen molar-refractivity contribution in [3.8, 4) is 0 Å². The number of H-pyrrole nitrogens is 1. The first-order valence-corrected chi connectivity index (χ1v) is 14.9. The topological polar surface area (TPSA) is 130 Å². The molecule has 0 saturated carbocycles. The molecule has 3 atom stereocenters. The standard InChI is InChI=1S/C33H42N4O6/c1-6-8-15-25(30(39)37-27-17-12-9-13-21(27)19-28(37)31(40)42-7-2)35-29(38)26(36-32(41)43-33(3,4)5)18-22-20-34-24-16-11-10-14-23(22)24/h9-14,16-17,20,25-26,28,34H,6-8,15,18-19H2,1-5H3,(H,35,38)(H,36,41)/t25-,26-,28-/m0/s1. The maximum absolute atomic E-state index is 14.2. The molecule has 0 spiro atoms. The molecule has 3 N–H and O–H groups in total. The molecule has 0 radical (unpaired) electrons. The maximum atomic E-state index is 14.2. The van der Waals surface area contributed by atoms with E-state index in [1.807, 2.05) is 55.6 Å². The lowest BCUT2D eigenvalue weighted by atomic mass is 10.0. The van der Waals surface area contributed by atoms with Crippen molar-refractivity contribution in [2.75, 3.05) is 11.5 Å². The minimum absolute atomic E-state index is 0.168. The van der Waals surface area contributed by atoms with Gasteiger partial charge in [-0.3, -0.25) is 14.5 Å². The summed E-state index contributed by atoms with van der Waals surface area (Å²) in [4.78, 5) is 58.5. The second kappa shape index (κ2) is 13.8. The number of carbonyl (C=O) groups excluding carboxylic acids is 4. The zero-order valence-electron chi connectivity index (χ0n) is 25.6. The molecular formula is C33H42N4O6. The monoisotopic (exact) mass is 590 g/mol. The van der Waals surface area contributed by atoms with E-state index >= 15 is 0 Å². The quantitative estimate of drug-likeness (QED) is 0.275. The second-order valence-electron chi connectivity index (χ2n) is 11.8. The number of aromatic amines is 1. The van der Waals surface area contributed by atoms with Crippen LogP contribution < -0.4 is 15.5 Å². The molecule has 0 fully saturated rings. The molecule has 10 nitrogen and oxygen atoms in total. The molecule has 1 aliphatic heterocycles. The summed E-state index contributed by atoms with van der Waals surface area (Å²) in [6, 6.07) is 12.3. The Balaban J connectivity index is 1.62. The van der Waals surface area contributed by atoms with Gasteiger partial charge in [-0.15, -0.1) is 0 Å². The van der Waals surface area contributed by atoms with Gasteiger partial charge < -0.3 is 25.1 Å². The number of benzene rings is 2. The van der Waals surface area contributed by atoms with E-state index in [2.05, 4.69) is 15.6 Å². The maximum Gasteiger partial charge on any atom is 0.408 e. The third-order valence-electron chi connectivity index (χ3n) is 7.34. The molecular weight excluding hydrogens is 548 g/mol. The van der Waals surface area contributed by atoms with Crippen LogP contribution in [0.3, 0.4) is 0 Å². The van der Waals surface area contributed by atoms with E-state index in [4.69, 9.17) is 9.47 Å². The van der Waals surface area contributed by atoms with Crippen LogP contribution in [0.1, 0.15) is 65.0 Å². The smallest absolute Gasteiger partial charge is 0.408 e. The van der Waals surface area contributed by atoms with Crippen LogP contribution >= 0.6 is 0 Å². The number of rotatable bonds is 11. The third kappa shape index (κ3) is 7.74. The SMILES string of the molecule is CCCC[C@H](NC(=O)[C@H](Cc1c[nH]c2ccccc12)NC(=O)OC(C)(C)C)C(=O)N1c2ccccc2C[C@H]1C(=O)OCC. The number of nitrogens with zero attached hydrogens (tertiary/aromatic N) is 1. The summed E-state index contributed by atoms with van der Waals surface area (Å²) in [6.07, 6.45) is 3.41. The van der Waals surface area contributed by atoms with Crippen LogP contribution in [0.2, 0.25) is 0 Å². The number of esters is 1. The lowest BCUT2D eigenvalue weighted by Gasteiger charge is -2.30. The molecule has 10 heteroatoms. The zero-order valence-corrected chi connectivity index (χ0v) is 25.6. The lowest BCUT2D eigenvalue weighted by molar-refractivity contribution is -0.145. The van der Waals surface area contributed by atoms with E-state index < -0.39 is 47.6 Å². The number of ether oxygens (including phenoxy) is 2. The number of hydrogen-bond acceptors (Lipinski definition) is 6. The minimum atomic E-state index is -1.03. The van der Waals surface area contributed by atoms with Crippen molar-refractivity contribution in [3.05, 3.63) is 65.9 Å². The first-order chi connectivity index (χ1) is 20.5. The van der Waals surface area contributed by atoms with E-state index in [1.165, 1.54) is 4.90 Å². The lowest BCUT2D eigenvalue weighted by Crippen LogP contribution is -2.57. The Kier molecular flexibility index (Phi) is 10.1. The summed E-state index contributed by atoms with van der Waals surface area (Å²) in [5.74, 6) is -1.41. The average molecular weight is 591 g/mol. The largest absolute Gasteiger partial charge is 0.464 e. The summed E-state index contributed by atoms with van der Waals surface area (Å²) < 4.78 is 10.8. The highest BCUT2D eigenvalue weighted by atomic mass is 16.6. The van der Waals surface area contributed by atoms with Gasteiger partial charge in [-0.2, -0.15) is 0 Å². The fourth-order valence-corrected chi connectivity index (χ4v) is 5.37. The van der Waals surface area contributed by atoms with Gasteiger partial charge in [0, 0.05) is 35.6 Å². The minimum Gasteiger partial charge on any atom is -0.464 e. The number of nitrogens with one attached hydrogen (secondary N) is 3. The summed E-state index contributed by atoms with van der Waals surface area (Å²) >= 11 is 0. The van der Waals surface area contributed by atoms with E-state index in [0.29, 0.717) is 24.9 Å². The number of para-hydroxylation sites is 2. The van der Waals surface area contributed by atoms with Crippen molar-refractivity contribution >= 4 is 40.5 Å². The van der Waals surface area contributed by atoms with Crippen LogP contribution in [0.5, 0.6) is 0 Å². The van der Waals surface area contributed by atoms with Gasteiger partial charge in [-0.05, 0) is 57.4 Å². The van der Waals surface area contributed by atoms with Gasteiger partial charge in [-0.25, -0.2) is 9.59 Å². The number of carbonyl (C=O) groups is 4. The van der Waals surface area contributed by atoms with Crippen molar-refractivity contribution < 1.29 is 28.7 Å². The van der Waals surface area contributed by atoms with Gasteiger partial charge >= 0.3 is 12.1 Å². The fraction of sp³-hybridized carbons (Fsp3) is 0.455. The van der Waals surface area contributed by atoms with Gasteiger partial charge in [0.2, 0.25) is 11.8 Å². The Labute approximate surface area is 252 Å². The molecule has 0 saturated heterocycles. The number of amides is 3. The van der Waals surface area contributed by atoms with Crippen LogP contribution in [0.4, 0.5) is 10.5 Å². The number of aromatic nitrogens is 1. The van der Waals surface area contributed by atoms with E-state index in [1.54, 1.807) is 33.8 Å². The molecule has 0 unspecified atom stereocenters. The highest BCUT2D eigenvalue weighted by Crippen LogP contribution is 2.33. The molecule has 1 aromatic heterocycles. The molecule has 3 amide bonds. The molecule has 0 aliphatic carbocycles. The Morgan fingerprint density at radius 3 is 2.44 bits per heavy atom. The molecule has 4 rings (SSSR count). The number of alkyl carbamates (subject to hydrolysis) is 1. The van der Waals surface area contributed by atoms with Crippen LogP contribution in [0, 0.1) is 0 Å². The van der Waals surface area contributed by atoms with Crippen LogP contribution in [-0.2, 0) is 36.7 Å². The van der Waals surface area contributed by atoms with Gasteiger partial charge in [0.1, 0.15) is 23.7 Å². The number of hydrogen-bond donors (Lipinski definition) is 3. The Bertz CT molecular complexity index is 1460. The number of fused-ring (bicyclic) bond motifs is 2. The van der Waals surface area contributed by atoms with Gasteiger partial charge in [0.25, 0.3) is 0 Å². The molecule has 43 heavy (non-hydrogen) atoms. The fourth-order valence-electron chi connectivity index (χ4n) is 5.37. The van der Waals surface area contributed by atoms with Crippen molar-refractivity contribution in [2.45, 2.75) is 90.4 Å². The molecule has 0 bridgehead atoms. The van der Waals surface area contributed by atoms with Gasteiger partial charge in [-0.1, -0.05) is 56.2 Å². The first kappa shape index (κ1) is 31.6. The van der Waals surface area contributed by atoms with E-state index in [0.717, 1.165) is 28.5 Å². The Hall–Kier alpha value is -4.34. The molecule has 2 aromatic carbocycles. The average Bonchev–Trinajstić information content (AvgIpc) is 3.55. The first-order valence-electron chi connectivity index (χ1n) is 14.9. The molecule has 1 aliphatic rings. The molecule has 2 heterocycles. The molecule has 230 valence electrons. The normalized spacial score (nSPS) is 15.8. The summed E-state index contributed by atoms with van der Waals surface area (Å²) in [5.41, 5.74) is 2.46. The highest BCUT2D eigenvalue weighted by Gasteiger charge is 2.42. The number of unbranched alkanes of at least 4 members (excludes halogenated alkanes) is 1. The van der Waals surface area contributed by atoms with Crippen LogP contribution in [0.15, 0.2) is 54.7 Å². The van der Waals surface area contributed by atoms with Gasteiger partial charge in [0.05, 0.1) is 6.61 Å². The van der Waals surface area contributed by atoms with Crippen molar-refractivity contribution in [3.63, 3.8) is 0 Å². The van der Waals surface area contributed by atoms with Crippen LogP contribution in [-0.4, -0.2) is 59.2 Å². The van der Waals surface area contributed by atoms with E-state index in [-0.39, 0.29) is 13.0 Å².